The number of hydrogen-bond acceptors (Lipinski definition) is 6. The zero-order valence-electron chi connectivity index (χ0n) is 17.0. The number of rotatable bonds is 9. The van der Waals surface area contributed by atoms with E-state index in [1.54, 1.807) is 35.5 Å². The van der Waals surface area contributed by atoms with E-state index in [4.69, 9.17) is 35.9 Å². The number of hydrogen-bond donors (Lipinski definition) is 1. The molecule has 6 nitrogen and oxygen atoms in total. The molecule has 156 valence electrons. The summed E-state index contributed by atoms with van der Waals surface area (Å²) in [7, 11) is 7.94. The Bertz CT molecular complexity index is 876. The molecule has 1 N–H and O–H groups in total. The maximum Gasteiger partial charge on any atom is 0.203 e. The first-order valence-corrected chi connectivity index (χ1v) is 9.84. The van der Waals surface area contributed by atoms with Gasteiger partial charge in [-0.3, -0.25) is 0 Å². The predicted octanol–water partition coefficient (Wildman–Crippen LogP) is 4.62. The Kier molecular flexibility index (Phi) is 8.60. The minimum Gasteiger partial charge on any atom is -0.493 e. The fourth-order valence-corrected chi connectivity index (χ4v) is 3.45. The van der Waals surface area contributed by atoms with E-state index in [1.165, 1.54) is 0 Å². The molecule has 0 bridgehead atoms. The standard InChI is InChI=1S/C21H24BrNO5S/c1-24-15-8-6-14(19(22)21(15)28-5)7-9-18(29)23-12-13-10-16(25-2)20(27-4)17(11-13)26-3/h6-11H,12H2,1-5H3,(H,23,29)/b9-7+. The molecule has 0 spiro atoms. The Hall–Kier alpha value is -2.45. The summed E-state index contributed by atoms with van der Waals surface area (Å²) in [5.74, 6) is 3.03. The predicted molar refractivity (Wildman–Crippen MR) is 122 cm³/mol. The van der Waals surface area contributed by atoms with E-state index >= 15 is 0 Å². The van der Waals surface area contributed by atoms with Gasteiger partial charge in [0, 0.05) is 6.54 Å². The molecule has 0 unspecified atom stereocenters. The lowest BCUT2D eigenvalue weighted by Gasteiger charge is -2.14. The van der Waals surface area contributed by atoms with Crippen LogP contribution in [0.5, 0.6) is 28.7 Å². The van der Waals surface area contributed by atoms with Crippen molar-refractivity contribution in [3.05, 3.63) is 45.9 Å². The zero-order valence-corrected chi connectivity index (χ0v) is 19.4. The Balaban J connectivity index is 2.11. The maximum atomic E-state index is 5.42. The summed E-state index contributed by atoms with van der Waals surface area (Å²) in [6.45, 7) is 0.507. The van der Waals surface area contributed by atoms with Gasteiger partial charge in [-0.25, -0.2) is 0 Å². The van der Waals surface area contributed by atoms with Crippen LogP contribution in [0.2, 0.25) is 0 Å². The van der Waals surface area contributed by atoms with Gasteiger partial charge in [0.05, 0.1) is 45.0 Å². The molecule has 0 atom stereocenters. The van der Waals surface area contributed by atoms with Crippen LogP contribution in [-0.2, 0) is 6.54 Å². The van der Waals surface area contributed by atoms with Crippen molar-refractivity contribution in [3.63, 3.8) is 0 Å². The van der Waals surface area contributed by atoms with Gasteiger partial charge < -0.3 is 29.0 Å². The fraction of sp³-hybridized carbons (Fsp3) is 0.286. The normalized spacial score (nSPS) is 10.6. The summed E-state index contributed by atoms with van der Waals surface area (Å²) in [4.78, 5) is 0.584. The molecule has 8 heteroatoms. The van der Waals surface area contributed by atoms with Crippen molar-refractivity contribution in [2.75, 3.05) is 35.5 Å². The van der Waals surface area contributed by atoms with Crippen LogP contribution in [0, 0.1) is 0 Å². The maximum absolute atomic E-state index is 5.42. The molecule has 0 radical (unpaired) electrons. The summed E-state index contributed by atoms with van der Waals surface area (Å²) in [6.07, 6.45) is 3.72. The number of benzene rings is 2. The average molecular weight is 482 g/mol. The molecule has 0 aliphatic heterocycles. The van der Waals surface area contributed by atoms with E-state index in [0.29, 0.717) is 40.3 Å². The smallest absolute Gasteiger partial charge is 0.203 e. The molecule has 2 aromatic rings. The minimum atomic E-state index is 0.507. The molecular weight excluding hydrogens is 458 g/mol. The van der Waals surface area contributed by atoms with Crippen LogP contribution in [0.1, 0.15) is 11.1 Å². The first-order valence-electron chi connectivity index (χ1n) is 8.64. The summed E-state index contributed by atoms with van der Waals surface area (Å²) in [6, 6.07) is 7.52. The van der Waals surface area contributed by atoms with E-state index in [1.807, 2.05) is 36.4 Å². The highest BCUT2D eigenvalue weighted by molar-refractivity contribution is 9.10. The van der Waals surface area contributed by atoms with Gasteiger partial charge in [0.25, 0.3) is 0 Å². The molecule has 0 fully saturated rings. The van der Waals surface area contributed by atoms with Crippen LogP contribution in [0.4, 0.5) is 0 Å². The molecule has 29 heavy (non-hydrogen) atoms. The first-order chi connectivity index (χ1) is 14.0. The highest BCUT2D eigenvalue weighted by Gasteiger charge is 2.13. The van der Waals surface area contributed by atoms with Gasteiger partial charge in [-0.2, -0.15) is 0 Å². The molecule has 0 amide bonds. The average Bonchev–Trinajstić information content (AvgIpc) is 2.75. The fourth-order valence-electron chi connectivity index (χ4n) is 2.68. The third-order valence-corrected chi connectivity index (χ3v) is 5.22. The Morgan fingerprint density at radius 3 is 2.00 bits per heavy atom. The number of nitrogens with one attached hydrogen (secondary N) is 1. The highest BCUT2D eigenvalue weighted by Crippen LogP contribution is 2.39. The molecule has 2 rings (SSSR count). The lowest BCUT2D eigenvalue weighted by atomic mass is 10.1. The van der Waals surface area contributed by atoms with Gasteiger partial charge in [-0.05, 0) is 57.4 Å². The van der Waals surface area contributed by atoms with Crippen molar-refractivity contribution in [1.82, 2.24) is 5.32 Å². The Morgan fingerprint density at radius 2 is 1.48 bits per heavy atom. The van der Waals surface area contributed by atoms with Crippen molar-refractivity contribution in [2.45, 2.75) is 6.54 Å². The third-order valence-electron chi connectivity index (χ3n) is 4.12. The molecule has 0 heterocycles. The van der Waals surface area contributed by atoms with Gasteiger partial charge in [0.15, 0.2) is 23.0 Å². The van der Waals surface area contributed by atoms with Crippen LogP contribution in [-0.4, -0.2) is 40.5 Å². The molecule has 0 aliphatic rings. The van der Waals surface area contributed by atoms with Crippen LogP contribution in [0.15, 0.2) is 34.8 Å². The first kappa shape index (κ1) is 22.8. The third kappa shape index (κ3) is 5.55. The quantitative estimate of drug-likeness (QED) is 0.414. The molecule has 0 saturated heterocycles. The zero-order chi connectivity index (χ0) is 21.4. The number of methoxy groups -OCH3 is 5. The minimum absolute atomic E-state index is 0.507. The largest absolute Gasteiger partial charge is 0.493 e. The van der Waals surface area contributed by atoms with Crippen molar-refractivity contribution in [1.29, 1.82) is 0 Å². The van der Waals surface area contributed by atoms with Crippen molar-refractivity contribution < 1.29 is 23.7 Å². The molecule has 0 aromatic heterocycles. The van der Waals surface area contributed by atoms with E-state index in [9.17, 15) is 0 Å². The second-order valence-corrected chi connectivity index (χ2v) is 7.02. The van der Waals surface area contributed by atoms with Gasteiger partial charge >= 0.3 is 0 Å². The number of halogens is 1. The summed E-state index contributed by atoms with van der Waals surface area (Å²) >= 11 is 8.96. The van der Waals surface area contributed by atoms with E-state index in [-0.39, 0.29) is 0 Å². The van der Waals surface area contributed by atoms with Crippen molar-refractivity contribution in [2.24, 2.45) is 0 Å². The van der Waals surface area contributed by atoms with Crippen LogP contribution in [0.25, 0.3) is 6.08 Å². The van der Waals surface area contributed by atoms with Gasteiger partial charge in [0.1, 0.15) is 0 Å². The number of ether oxygens (including phenoxy) is 5. The molecule has 0 saturated carbocycles. The van der Waals surface area contributed by atoms with Crippen LogP contribution >= 0.6 is 28.1 Å². The molecule has 2 aromatic carbocycles. The summed E-state index contributed by atoms with van der Waals surface area (Å²) in [5.41, 5.74) is 1.86. The Labute approximate surface area is 184 Å². The van der Waals surface area contributed by atoms with Gasteiger partial charge in [-0.1, -0.05) is 18.3 Å². The second kappa shape index (κ2) is 10.9. The van der Waals surface area contributed by atoms with E-state index in [2.05, 4.69) is 21.2 Å². The highest BCUT2D eigenvalue weighted by atomic mass is 79.9. The van der Waals surface area contributed by atoms with Crippen molar-refractivity contribution in [3.8, 4) is 28.7 Å². The molecule has 0 aliphatic carbocycles. The Morgan fingerprint density at radius 1 is 0.897 bits per heavy atom. The van der Waals surface area contributed by atoms with Crippen molar-refractivity contribution >= 4 is 39.2 Å². The van der Waals surface area contributed by atoms with Crippen LogP contribution < -0.4 is 29.0 Å². The second-order valence-electron chi connectivity index (χ2n) is 5.79. The van der Waals surface area contributed by atoms with E-state index in [0.717, 1.165) is 15.6 Å². The van der Waals surface area contributed by atoms with Crippen LogP contribution in [0.3, 0.4) is 0 Å². The van der Waals surface area contributed by atoms with E-state index < -0.39 is 0 Å². The lowest BCUT2D eigenvalue weighted by molar-refractivity contribution is 0.323. The summed E-state index contributed by atoms with van der Waals surface area (Å²) < 4.78 is 27.6. The number of thiocarbonyl (C=S) groups is 1. The SMILES string of the molecule is COc1cc(CNC(=S)/C=C/c2ccc(OC)c(OC)c2Br)cc(OC)c1OC. The van der Waals surface area contributed by atoms with Gasteiger partial charge in [-0.15, -0.1) is 0 Å². The molecular formula is C21H24BrNO5S. The lowest BCUT2D eigenvalue weighted by Crippen LogP contribution is -2.18. The monoisotopic (exact) mass is 481 g/mol. The van der Waals surface area contributed by atoms with Gasteiger partial charge in [0.2, 0.25) is 5.75 Å². The summed E-state index contributed by atoms with van der Waals surface area (Å²) in [5, 5.41) is 3.20. The topological polar surface area (TPSA) is 58.2 Å².